The van der Waals surface area contributed by atoms with Gasteiger partial charge in [-0.1, -0.05) is 11.6 Å². The number of hydrogen-bond donors (Lipinski definition) is 1. The molecule has 0 aliphatic carbocycles. The van der Waals surface area contributed by atoms with Crippen LogP contribution in [0.5, 0.6) is 0 Å². The molecule has 2 amide bonds. The maximum Gasteiger partial charge on any atom is 0.267 e. The van der Waals surface area contributed by atoms with Crippen LogP contribution in [0.1, 0.15) is 35.3 Å². The summed E-state index contributed by atoms with van der Waals surface area (Å²) in [6.07, 6.45) is 2.30. The van der Waals surface area contributed by atoms with Crippen molar-refractivity contribution >= 4 is 22.7 Å². The van der Waals surface area contributed by atoms with E-state index in [-0.39, 0.29) is 17.9 Å². The standard InChI is InChI=1S/C21H30N4O2/c1-15-5-7-18-16(13-15)14-19(24(18)4)21(27)22-10-9-17-6-8-20(26)25(17)12-11-23(2)3/h5,7,13-14,17H,6,8-12H2,1-4H3,(H,22,27)/t17-/m0/s1. The molecule has 0 spiro atoms. The lowest BCUT2D eigenvalue weighted by molar-refractivity contribution is -0.129. The minimum atomic E-state index is -0.0597. The molecule has 1 saturated heterocycles. The highest BCUT2D eigenvalue weighted by molar-refractivity contribution is 5.98. The summed E-state index contributed by atoms with van der Waals surface area (Å²) in [5, 5.41) is 4.12. The Labute approximate surface area is 161 Å². The summed E-state index contributed by atoms with van der Waals surface area (Å²) < 4.78 is 1.94. The number of carbonyl (C=O) groups is 2. The second-order valence-electron chi connectivity index (χ2n) is 7.78. The molecular weight excluding hydrogens is 340 g/mol. The average Bonchev–Trinajstić information content (AvgIpc) is 3.13. The third-order valence-electron chi connectivity index (χ3n) is 5.43. The van der Waals surface area contributed by atoms with Crippen LogP contribution in [0.4, 0.5) is 0 Å². The van der Waals surface area contributed by atoms with Gasteiger partial charge in [-0.05, 0) is 52.1 Å². The first-order chi connectivity index (χ1) is 12.9. The van der Waals surface area contributed by atoms with Crippen molar-refractivity contribution in [1.82, 2.24) is 19.7 Å². The Morgan fingerprint density at radius 2 is 2.07 bits per heavy atom. The third-order valence-corrected chi connectivity index (χ3v) is 5.43. The van der Waals surface area contributed by atoms with Gasteiger partial charge in [-0.25, -0.2) is 0 Å². The lowest BCUT2D eigenvalue weighted by Crippen LogP contribution is -2.40. The van der Waals surface area contributed by atoms with E-state index in [0.29, 0.717) is 18.7 Å². The molecule has 6 heteroatoms. The van der Waals surface area contributed by atoms with Gasteiger partial charge >= 0.3 is 0 Å². The number of fused-ring (bicyclic) bond motifs is 1. The summed E-state index contributed by atoms with van der Waals surface area (Å²) in [5.74, 6) is 0.174. The summed E-state index contributed by atoms with van der Waals surface area (Å²) in [6.45, 7) is 4.25. The molecule has 0 unspecified atom stereocenters. The lowest BCUT2D eigenvalue weighted by atomic mass is 10.1. The number of nitrogens with one attached hydrogen (secondary N) is 1. The molecule has 1 atom stereocenters. The van der Waals surface area contributed by atoms with Crippen LogP contribution < -0.4 is 5.32 Å². The zero-order valence-electron chi connectivity index (χ0n) is 16.8. The van der Waals surface area contributed by atoms with E-state index >= 15 is 0 Å². The van der Waals surface area contributed by atoms with Crippen LogP contribution in [0.15, 0.2) is 24.3 Å². The first-order valence-electron chi connectivity index (χ1n) is 9.65. The molecule has 2 aromatic rings. The minimum Gasteiger partial charge on any atom is -0.351 e. The van der Waals surface area contributed by atoms with Gasteiger partial charge in [0.25, 0.3) is 5.91 Å². The Hall–Kier alpha value is -2.34. The first-order valence-corrected chi connectivity index (χ1v) is 9.65. The number of hydrogen-bond acceptors (Lipinski definition) is 3. The maximum absolute atomic E-state index is 12.6. The number of aryl methyl sites for hydroxylation is 2. The molecule has 0 saturated carbocycles. The molecule has 0 radical (unpaired) electrons. The molecule has 146 valence electrons. The molecule has 1 aliphatic rings. The molecule has 1 aromatic carbocycles. The average molecular weight is 370 g/mol. The first kappa shape index (κ1) is 19.4. The fraction of sp³-hybridized carbons (Fsp3) is 0.524. The van der Waals surface area contributed by atoms with Crippen molar-refractivity contribution in [3.05, 3.63) is 35.5 Å². The van der Waals surface area contributed by atoms with E-state index in [9.17, 15) is 9.59 Å². The van der Waals surface area contributed by atoms with E-state index in [1.54, 1.807) is 0 Å². The maximum atomic E-state index is 12.6. The predicted molar refractivity (Wildman–Crippen MR) is 108 cm³/mol. The van der Waals surface area contributed by atoms with E-state index in [4.69, 9.17) is 0 Å². The molecule has 1 N–H and O–H groups in total. The third kappa shape index (κ3) is 4.33. The van der Waals surface area contributed by atoms with Crippen LogP contribution in [0.3, 0.4) is 0 Å². The van der Waals surface area contributed by atoms with Crippen molar-refractivity contribution in [3.8, 4) is 0 Å². The SMILES string of the molecule is Cc1ccc2c(c1)cc(C(=O)NCC[C@@H]1CCC(=O)N1CCN(C)C)n2C. The largest absolute Gasteiger partial charge is 0.351 e. The van der Waals surface area contributed by atoms with Crippen LogP contribution in [-0.4, -0.2) is 66.0 Å². The van der Waals surface area contributed by atoms with Crippen molar-refractivity contribution in [1.29, 1.82) is 0 Å². The van der Waals surface area contributed by atoms with Crippen molar-refractivity contribution in [2.45, 2.75) is 32.2 Å². The summed E-state index contributed by atoms with van der Waals surface area (Å²) >= 11 is 0. The second kappa shape index (κ2) is 8.13. The van der Waals surface area contributed by atoms with Gasteiger partial charge < -0.3 is 19.7 Å². The Morgan fingerprint density at radius 1 is 1.30 bits per heavy atom. The van der Waals surface area contributed by atoms with Crippen LogP contribution >= 0.6 is 0 Å². The number of carbonyl (C=O) groups excluding carboxylic acids is 2. The number of amides is 2. The molecule has 0 bridgehead atoms. The number of likely N-dealkylation sites (tertiary alicyclic amines) is 1. The number of benzene rings is 1. The van der Waals surface area contributed by atoms with Gasteiger partial charge in [0.15, 0.2) is 0 Å². The topological polar surface area (TPSA) is 57.6 Å². The Morgan fingerprint density at radius 3 is 2.81 bits per heavy atom. The highest BCUT2D eigenvalue weighted by Crippen LogP contribution is 2.22. The van der Waals surface area contributed by atoms with Gasteiger partial charge in [0.1, 0.15) is 5.69 Å². The van der Waals surface area contributed by atoms with Gasteiger partial charge in [0, 0.05) is 50.0 Å². The van der Waals surface area contributed by atoms with Gasteiger partial charge in [-0.2, -0.15) is 0 Å². The molecule has 3 rings (SSSR count). The molecule has 6 nitrogen and oxygen atoms in total. The number of likely N-dealkylation sites (N-methyl/N-ethyl adjacent to an activating group) is 1. The van der Waals surface area contributed by atoms with E-state index in [1.165, 1.54) is 5.56 Å². The van der Waals surface area contributed by atoms with E-state index < -0.39 is 0 Å². The molecule has 27 heavy (non-hydrogen) atoms. The zero-order valence-corrected chi connectivity index (χ0v) is 16.8. The highest BCUT2D eigenvalue weighted by Gasteiger charge is 2.30. The Kier molecular flexibility index (Phi) is 5.85. The van der Waals surface area contributed by atoms with Crippen molar-refractivity contribution in [3.63, 3.8) is 0 Å². The summed E-state index contributed by atoms with van der Waals surface area (Å²) in [5.41, 5.74) is 2.91. The smallest absolute Gasteiger partial charge is 0.267 e. The minimum absolute atomic E-state index is 0.0597. The molecule has 2 heterocycles. The van der Waals surface area contributed by atoms with Crippen molar-refractivity contribution in [2.75, 3.05) is 33.7 Å². The van der Waals surface area contributed by atoms with Gasteiger partial charge in [0.05, 0.1) is 0 Å². The van der Waals surface area contributed by atoms with Crippen LogP contribution in [-0.2, 0) is 11.8 Å². The monoisotopic (exact) mass is 370 g/mol. The van der Waals surface area contributed by atoms with Gasteiger partial charge in [0.2, 0.25) is 5.91 Å². The van der Waals surface area contributed by atoms with Gasteiger partial charge in [-0.15, -0.1) is 0 Å². The summed E-state index contributed by atoms with van der Waals surface area (Å²) in [7, 11) is 5.95. The van der Waals surface area contributed by atoms with Crippen LogP contribution in [0.2, 0.25) is 0 Å². The van der Waals surface area contributed by atoms with Crippen molar-refractivity contribution in [2.24, 2.45) is 7.05 Å². The Bertz CT molecular complexity index is 840. The quantitative estimate of drug-likeness (QED) is 0.813. The van der Waals surface area contributed by atoms with E-state index in [0.717, 1.165) is 36.8 Å². The van der Waals surface area contributed by atoms with Crippen LogP contribution in [0.25, 0.3) is 10.9 Å². The van der Waals surface area contributed by atoms with E-state index in [2.05, 4.69) is 29.3 Å². The van der Waals surface area contributed by atoms with E-state index in [1.807, 2.05) is 42.7 Å². The molecule has 1 fully saturated rings. The number of nitrogens with zero attached hydrogens (tertiary/aromatic N) is 3. The lowest BCUT2D eigenvalue weighted by Gasteiger charge is -2.26. The zero-order chi connectivity index (χ0) is 19.6. The molecular formula is C21H30N4O2. The second-order valence-corrected chi connectivity index (χ2v) is 7.78. The normalized spacial score (nSPS) is 17.3. The van der Waals surface area contributed by atoms with Gasteiger partial charge in [-0.3, -0.25) is 9.59 Å². The fourth-order valence-corrected chi connectivity index (χ4v) is 3.84. The number of aromatic nitrogens is 1. The number of rotatable bonds is 7. The predicted octanol–water partition coefficient (Wildman–Crippen LogP) is 2.16. The fourth-order valence-electron chi connectivity index (χ4n) is 3.84. The van der Waals surface area contributed by atoms with Crippen molar-refractivity contribution < 1.29 is 9.59 Å². The van der Waals surface area contributed by atoms with Crippen LogP contribution in [0, 0.1) is 6.92 Å². The highest BCUT2D eigenvalue weighted by atomic mass is 16.2. The molecule has 1 aromatic heterocycles. The summed E-state index contributed by atoms with van der Waals surface area (Å²) in [4.78, 5) is 28.8. The summed E-state index contributed by atoms with van der Waals surface area (Å²) in [6, 6.07) is 8.38. The molecule has 1 aliphatic heterocycles. The Balaban J connectivity index is 1.58.